The Kier molecular flexibility index (Phi) is 3.52. The van der Waals surface area contributed by atoms with Crippen molar-refractivity contribution in [2.24, 2.45) is 10.7 Å². The highest BCUT2D eigenvalue weighted by Gasteiger charge is 2.31. The van der Waals surface area contributed by atoms with Gasteiger partial charge >= 0.3 is 0 Å². The van der Waals surface area contributed by atoms with Crippen molar-refractivity contribution in [3.63, 3.8) is 0 Å². The van der Waals surface area contributed by atoms with Gasteiger partial charge in [0.2, 0.25) is 0 Å². The van der Waals surface area contributed by atoms with Crippen LogP contribution in [0.2, 0.25) is 0 Å². The van der Waals surface area contributed by atoms with Gasteiger partial charge in [0.15, 0.2) is 0 Å². The molecule has 0 saturated carbocycles. The quantitative estimate of drug-likeness (QED) is 0.788. The van der Waals surface area contributed by atoms with Crippen molar-refractivity contribution >= 4 is 17.6 Å². The number of nitrogens with zero attached hydrogens (tertiary/aromatic N) is 2. The van der Waals surface area contributed by atoms with E-state index in [0.29, 0.717) is 24.9 Å². The third-order valence-electron chi connectivity index (χ3n) is 2.31. The Bertz CT molecular complexity index is 343. The zero-order valence-corrected chi connectivity index (χ0v) is 9.94. The Morgan fingerprint density at radius 2 is 2.62 bits per heavy atom. The van der Waals surface area contributed by atoms with E-state index >= 15 is 0 Å². The van der Waals surface area contributed by atoms with E-state index in [9.17, 15) is 0 Å². The molecule has 1 fully saturated rings. The standard InChI is InChI=1S/C10H15N3O2S/c1-7-12-8(11)3-4-13(7)9-5-15-10(16-9)6-14-2/h3-4,9-10H,1,5-6H2,2H3,(H2,11,12)/t9-,10-/m1/s1. The zero-order chi connectivity index (χ0) is 11.5. The average molecular weight is 241 g/mol. The van der Waals surface area contributed by atoms with Crippen LogP contribution in [-0.2, 0) is 9.47 Å². The Morgan fingerprint density at radius 1 is 1.81 bits per heavy atom. The number of thioether (sulfide) groups is 1. The molecule has 5 nitrogen and oxygen atoms in total. The molecular weight excluding hydrogens is 226 g/mol. The Labute approximate surface area is 99.0 Å². The van der Waals surface area contributed by atoms with E-state index in [0.717, 1.165) is 0 Å². The van der Waals surface area contributed by atoms with Gasteiger partial charge in [0, 0.05) is 13.3 Å². The monoisotopic (exact) mass is 241 g/mol. The molecule has 2 atom stereocenters. The molecule has 16 heavy (non-hydrogen) atoms. The first-order valence-electron chi connectivity index (χ1n) is 4.96. The first-order valence-corrected chi connectivity index (χ1v) is 5.90. The van der Waals surface area contributed by atoms with Crippen molar-refractivity contribution in [2.75, 3.05) is 20.3 Å². The number of hydrogen-bond acceptors (Lipinski definition) is 6. The summed E-state index contributed by atoms with van der Waals surface area (Å²) >= 11 is 1.70. The Hall–Kier alpha value is -0.980. The summed E-state index contributed by atoms with van der Waals surface area (Å²) in [6.07, 6.45) is 3.65. The van der Waals surface area contributed by atoms with Gasteiger partial charge < -0.3 is 20.1 Å². The Morgan fingerprint density at radius 3 is 3.31 bits per heavy atom. The van der Waals surface area contributed by atoms with Crippen LogP contribution in [0.5, 0.6) is 0 Å². The first kappa shape index (κ1) is 11.5. The van der Waals surface area contributed by atoms with Crippen LogP contribution in [0.3, 0.4) is 0 Å². The SMILES string of the molecule is C=C1N=C(N)C=CN1[C@H]1CO[C@@H](COC)S1. The molecule has 0 aliphatic carbocycles. The molecule has 0 spiro atoms. The molecule has 0 amide bonds. The summed E-state index contributed by atoms with van der Waals surface area (Å²) in [6.45, 7) is 5.10. The summed E-state index contributed by atoms with van der Waals surface area (Å²) in [5, 5.41) is 0.195. The van der Waals surface area contributed by atoms with E-state index in [1.54, 1.807) is 24.9 Å². The molecule has 2 heterocycles. The fourth-order valence-corrected chi connectivity index (χ4v) is 2.76. The maximum Gasteiger partial charge on any atom is 0.128 e. The molecule has 0 radical (unpaired) electrons. The van der Waals surface area contributed by atoms with Crippen LogP contribution in [0.4, 0.5) is 0 Å². The normalized spacial score (nSPS) is 29.7. The number of hydrogen-bond donors (Lipinski definition) is 1. The second kappa shape index (κ2) is 4.90. The highest BCUT2D eigenvalue weighted by Crippen LogP contribution is 2.32. The van der Waals surface area contributed by atoms with Gasteiger partial charge in [-0.15, -0.1) is 11.8 Å². The maximum absolute atomic E-state index is 5.58. The van der Waals surface area contributed by atoms with Gasteiger partial charge in [-0.2, -0.15) is 0 Å². The minimum Gasteiger partial charge on any atom is -0.384 e. The zero-order valence-electron chi connectivity index (χ0n) is 9.13. The largest absolute Gasteiger partial charge is 0.384 e. The van der Waals surface area contributed by atoms with Gasteiger partial charge in [-0.25, -0.2) is 4.99 Å². The summed E-state index contributed by atoms with van der Waals surface area (Å²) < 4.78 is 10.6. The van der Waals surface area contributed by atoms with Gasteiger partial charge in [0.1, 0.15) is 22.5 Å². The van der Waals surface area contributed by atoms with Crippen molar-refractivity contribution in [2.45, 2.75) is 10.8 Å². The number of amidine groups is 1. The van der Waals surface area contributed by atoms with E-state index in [2.05, 4.69) is 11.6 Å². The van der Waals surface area contributed by atoms with Crippen LogP contribution < -0.4 is 5.73 Å². The summed E-state index contributed by atoms with van der Waals surface area (Å²) in [7, 11) is 1.67. The predicted octanol–water partition coefficient (Wildman–Crippen LogP) is 0.706. The lowest BCUT2D eigenvalue weighted by molar-refractivity contribution is 0.0569. The lowest BCUT2D eigenvalue weighted by Crippen LogP contribution is -2.31. The van der Waals surface area contributed by atoms with Crippen LogP contribution in [0.1, 0.15) is 0 Å². The van der Waals surface area contributed by atoms with Gasteiger partial charge in [0.05, 0.1) is 13.2 Å². The van der Waals surface area contributed by atoms with Gasteiger partial charge in [-0.05, 0) is 6.08 Å². The minimum absolute atomic E-state index is 0.0828. The molecule has 0 aromatic carbocycles. The predicted molar refractivity (Wildman–Crippen MR) is 64.7 cm³/mol. The summed E-state index contributed by atoms with van der Waals surface area (Å²) in [5.41, 5.74) is 5.66. The van der Waals surface area contributed by atoms with Crippen molar-refractivity contribution in [1.82, 2.24) is 4.90 Å². The van der Waals surface area contributed by atoms with Gasteiger partial charge in [0.25, 0.3) is 0 Å². The highest BCUT2D eigenvalue weighted by molar-refractivity contribution is 8.00. The number of methoxy groups -OCH3 is 1. The van der Waals surface area contributed by atoms with Crippen LogP contribution >= 0.6 is 11.8 Å². The summed E-state index contributed by atoms with van der Waals surface area (Å²) in [6, 6.07) is 0. The molecule has 88 valence electrons. The van der Waals surface area contributed by atoms with Gasteiger partial charge in [-0.3, -0.25) is 0 Å². The van der Waals surface area contributed by atoms with Crippen molar-refractivity contribution in [3.8, 4) is 0 Å². The molecule has 6 heteroatoms. The van der Waals surface area contributed by atoms with Crippen LogP contribution in [-0.4, -0.2) is 41.9 Å². The fraction of sp³-hybridized carbons (Fsp3) is 0.500. The molecule has 2 N–H and O–H groups in total. The van der Waals surface area contributed by atoms with Gasteiger partial charge in [-0.1, -0.05) is 6.58 Å². The van der Waals surface area contributed by atoms with Crippen LogP contribution in [0.25, 0.3) is 0 Å². The molecule has 0 aromatic heterocycles. The highest BCUT2D eigenvalue weighted by atomic mass is 32.2. The first-order chi connectivity index (χ1) is 7.70. The maximum atomic E-state index is 5.58. The third-order valence-corrected chi connectivity index (χ3v) is 3.56. The van der Waals surface area contributed by atoms with E-state index in [4.69, 9.17) is 15.2 Å². The van der Waals surface area contributed by atoms with Crippen molar-refractivity contribution < 1.29 is 9.47 Å². The summed E-state index contributed by atoms with van der Waals surface area (Å²) in [4.78, 5) is 6.09. The molecular formula is C10H15N3O2S. The van der Waals surface area contributed by atoms with Crippen LogP contribution in [0.15, 0.2) is 29.7 Å². The number of aliphatic imine (C=N–C) groups is 1. The lowest BCUT2D eigenvalue weighted by Gasteiger charge is -2.27. The second-order valence-electron chi connectivity index (χ2n) is 3.48. The van der Waals surface area contributed by atoms with Crippen molar-refractivity contribution in [1.29, 1.82) is 0 Å². The topological polar surface area (TPSA) is 60.1 Å². The smallest absolute Gasteiger partial charge is 0.128 e. The van der Waals surface area contributed by atoms with Crippen molar-refractivity contribution in [3.05, 3.63) is 24.7 Å². The van der Waals surface area contributed by atoms with E-state index in [-0.39, 0.29) is 10.8 Å². The third kappa shape index (κ3) is 2.40. The van der Waals surface area contributed by atoms with Crippen LogP contribution in [0, 0.1) is 0 Å². The molecule has 0 bridgehead atoms. The lowest BCUT2D eigenvalue weighted by atomic mass is 10.4. The number of nitrogens with two attached hydrogens (primary N) is 1. The molecule has 2 aliphatic heterocycles. The Balaban J connectivity index is 1.95. The summed E-state index contributed by atoms with van der Waals surface area (Å²) in [5.74, 6) is 1.14. The average Bonchev–Trinajstić information content (AvgIpc) is 2.67. The minimum atomic E-state index is 0.0828. The van der Waals surface area contributed by atoms with E-state index in [1.807, 2.05) is 11.1 Å². The fourth-order valence-electron chi connectivity index (χ4n) is 1.56. The molecule has 2 aliphatic rings. The number of rotatable bonds is 3. The molecule has 2 rings (SSSR count). The van der Waals surface area contributed by atoms with E-state index < -0.39 is 0 Å². The molecule has 1 saturated heterocycles. The molecule has 0 unspecified atom stereocenters. The molecule has 0 aromatic rings. The number of ether oxygens (including phenoxy) is 2. The second-order valence-corrected chi connectivity index (χ2v) is 4.83. The van der Waals surface area contributed by atoms with E-state index in [1.165, 1.54) is 0 Å².